The van der Waals surface area contributed by atoms with E-state index in [2.05, 4.69) is 41.2 Å². The Hall–Kier alpha value is -1.85. The van der Waals surface area contributed by atoms with Crippen LogP contribution in [-0.2, 0) is 30.8 Å². The first-order chi connectivity index (χ1) is 11.6. The molecule has 0 aliphatic carbocycles. The van der Waals surface area contributed by atoms with E-state index in [1.54, 1.807) is 0 Å². The second kappa shape index (κ2) is 6.95. The number of fused-ring (bicyclic) bond motifs is 2. The number of nitrogens with one attached hydrogen (secondary N) is 2. The van der Waals surface area contributed by atoms with Gasteiger partial charge in [0.1, 0.15) is 6.04 Å². The van der Waals surface area contributed by atoms with Gasteiger partial charge in [0, 0.05) is 42.7 Å². The van der Waals surface area contributed by atoms with E-state index in [1.807, 2.05) is 6.92 Å². The van der Waals surface area contributed by atoms with Crippen LogP contribution in [0.3, 0.4) is 0 Å². The summed E-state index contributed by atoms with van der Waals surface area (Å²) in [5.41, 5.74) is 6.32. The molecular weight excluding hydrogens is 302 g/mol. The number of carbonyl (C=O) groups is 1. The topological polar surface area (TPSA) is 66.3 Å². The molecule has 5 heteroatoms. The quantitative estimate of drug-likeness (QED) is 0.730. The minimum atomic E-state index is -0.782. The normalized spacial score (nSPS) is 15.0. The third-order valence-corrected chi connectivity index (χ3v) is 5.01. The highest BCUT2D eigenvalue weighted by Crippen LogP contribution is 2.31. The van der Waals surface area contributed by atoms with E-state index in [0.717, 1.165) is 26.1 Å². The molecule has 0 saturated carbocycles. The van der Waals surface area contributed by atoms with Crippen LogP contribution in [0.5, 0.6) is 0 Å². The standard InChI is InChI=1S/C19H27N3O2/c1-4-6-22-12(3)15(9-17(19(23)24)21-5-2)16-7-13-10-20-11-14(13)8-18(16)22/h7-8,17,20-21H,4-6,9-11H2,1-3H3,(H,23,24). The summed E-state index contributed by atoms with van der Waals surface area (Å²) < 4.78 is 2.36. The Balaban J connectivity index is 2.12. The number of aromatic nitrogens is 1. The number of carboxylic acid groups (broad SMARTS) is 1. The molecule has 0 bridgehead atoms. The van der Waals surface area contributed by atoms with Crippen LogP contribution in [-0.4, -0.2) is 28.2 Å². The average molecular weight is 329 g/mol. The molecular formula is C19H27N3O2. The van der Waals surface area contributed by atoms with Crippen molar-refractivity contribution in [2.75, 3.05) is 6.54 Å². The lowest BCUT2D eigenvalue weighted by molar-refractivity contribution is -0.139. The number of benzene rings is 1. The summed E-state index contributed by atoms with van der Waals surface area (Å²) in [6.07, 6.45) is 1.59. The highest BCUT2D eigenvalue weighted by Gasteiger charge is 2.23. The van der Waals surface area contributed by atoms with Crippen LogP contribution >= 0.6 is 0 Å². The molecule has 1 unspecified atom stereocenters. The average Bonchev–Trinajstić information content (AvgIpc) is 3.10. The number of hydrogen-bond acceptors (Lipinski definition) is 3. The van der Waals surface area contributed by atoms with E-state index in [4.69, 9.17) is 0 Å². The number of aryl methyl sites for hydroxylation is 1. The Morgan fingerprint density at radius 3 is 2.67 bits per heavy atom. The maximum atomic E-state index is 11.6. The van der Waals surface area contributed by atoms with E-state index in [9.17, 15) is 9.90 Å². The summed E-state index contributed by atoms with van der Waals surface area (Å²) in [5, 5.41) is 17.2. The largest absolute Gasteiger partial charge is 0.480 e. The molecule has 1 atom stereocenters. The van der Waals surface area contributed by atoms with Gasteiger partial charge in [0.05, 0.1) is 0 Å². The van der Waals surface area contributed by atoms with Gasteiger partial charge in [0.15, 0.2) is 0 Å². The van der Waals surface area contributed by atoms with Crippen molar-refractivity contribution in [3.63, 3.8) is 0 Å². The zero-order valence-electron chi connectivity index (χ0n) is 14.8. The first-order valence-corrected chi connectivity index (χ1v) is 8.87. The maximum absolute atomic E-state index is 11.6. The Morgan fingerprint density at radius 1 is 1.33 bits per heavy atom. The van der Waals surface area contributed by atoms with Crippen LogP contribution in [0.4, 0.5) is 0 Å². The van der Waals surface area contributed by atoms with Crippen LogP contribution < -0.4 is 10.6 Å². The van der Waals surface area contributed by atoms with Gasteiger partial charge in [-0.05, 0) is 48.7 Å². The Kier molecular flexibility index (Phi) is 4.92. The fourth-order valence-electron chi connectivity index (χ4n) is 3.81. The molecule has 3 N–H and O–H groups in total. The summed E-state index contributed by atoms with van der Waals surface area (Å²) in [7, 11) is 0. The molecule has 0 radical (unpaired) electrons. The second-order valence-corrected chi connectivity index (χ2v) is 6.61. The first kappa shape index (κ1) is 17.0. The summed E-state index contributed by atoms with van der Waals surface area (Å²) in [6, 6.07) is 4.02. The van der Waals surface area contributed by atoms with E-state index in [1.165, 1.54) is 33.3 Å². The Bertz CT molecular complexity index is 764. The summed E-state index contributed by atoms with van der Waals surface area (Å²) in [4.78, 5) is 11.6. The minimum Gasteiger partial charge on any atom is -0.480 e. The predicted octanol–water partition coefficient (Wildman–Crippen LogP) is 2.57. The number of likely N-dealkylation sites (N-methyl/N-ethyl adjacent to an activating group) is 1. The van der Waals surface area contributed by atoms with Gasteiger partial charge in [0.25, 0.3) is 0 Å². The van der Waals surface area contributed by atoms with Gasteiger partial charge in [-0.1, -0.05) is 13.8 Å². The van der Waals surface area contributed by atoms with E-state index < -0.39 is 12.0 Å². The highest BCUT2D eigenvalue weighted by atomic mass is 16.4. The van der Waals surface area contributed by atoms with Crippen molar-refractivity contribution in [2.24, 2.45) is 0 Å². The van der Waals surface area contributed by atoms with Crippen molar-refractivity contribution in [3.05, 3.63) is 34.5 Å². The van der Waals surface area contributed by atoms with Crippen molar-refractivity contribution in [2.45, 2.75) is 59.3 Å². The molecule has 3 rings (SSSR count). The van der Waals surface area contributed by atoms with Crippen LogP contribution in [0, 0.1) is 6.92 Å². The summed E-state index contributed by atoms with van der Waals surface area (Å²) in [5.74, 6) is -0.782. The number of aliphatic carboxylic acids is 1. The van der Waals surface area contributed by atoms with Gasteiger partial charge >= 0.3 is 5.97 Å². The van der Waals surface area contributed by atoms with E-state index >= 15 is 0 Å². The molecule has 24 heavy (non-hydrogen) atoms. The molecule has 2 heterocycles. The van der Waals surface area contributed by atoms with Crippen molar-refractivity contribution >= 4 is 16.9 Å². The third kappa shape index (κ3) is 2.94. The number of carboxylic acids is 1. The number of nitrogens with zero attached hydrogens (tertiary/aromatic N) is 1. The second-order valence-electron chi connectivity index (χ2n) is 6.61. The van der Waals surface area contributed by atoms with E-state index in [-0.39, 0.29) is 0 Å². The molecule has 1 aromatic carbocycles. The third-order valence-electron chi connectivity index (χ3n) is 5.01. The van der Waals surface area contributed by atoms with Crippen molar-refractivity contribution < 1.29 is 9.90 Å². The highest BCUT2D eigenvalue weighted by molar-refractivity contribution is 5.88. The number of rotatable bonds is 7. The molecule has 1 aromatic heterocycles. The van der Waals surface area contributed by atoms with Crippen molar-refractivity contribution in [1.82, 2.24) is 15.2 Å². The Labute approximate surface area is 143 Å². The van der Waals surface area contributed by atoms with Crippen molar-refractivity contribution in [1.29, 1.82) is 0 Å². The molecule has 0 saturated heterocycles. The molecule has 1 aliphatic rings. The Morgan fingerprint density at radius 2 is 2.04 bits per heavy atom. The first-order valence-electron chi connectivity index (χ1n) is 8.87. The van der Waals surface area contributed by atoms with Gasteiger partial charge in [-0.3, -0.25) is 4.79 Å². The molecule has 0 amide bonds. The molecule has 0 spiro atoms. The fraction of sp³-hybridized carbons (Fsp3) is 0.526. The predicted molar refractivity (Wildman–Crippen MR) is 96.3 cm³/mol. The molecule has 1 aliphatic heterocycles. The lowest BCUT2D eigenvalue weighted by Gasteiger charge is -2.14. The number of hydrogen-bond donors (Lipinski definition) is 3. The zero-order valence-corrected chi connectivity index (χ0v) is 14.8. The molecule has 2 aromatic rings. The zero-order chi connectivity index (χ0) is 17.3. The van der Waals surface area contributed by atoms with E-state index in [0.29, 0.717) is 13.0 Å². The van der Waals surface area contributed by atoms with Crippen LogP contribution in [0.15, 0.2) is 12.1 Å². The monoisotopic (exact) mass is 329 g/mol. The van der Waals surface area contributed by atoms with Crippen molar-refractivity contribution in [3.8, 4) is 0 Å². The smallest absolute Gasteiger partial charge is 0.321 e. The fourth-order valence-corrected chi connectivity index (χ4v) is 3.81. The summed E-state index contributed by atoms with van der Waals surface area (Å²) in [6.45, 7) is 9.69. The molecule has 0 fully saturated rings. The van der Waals surface area contributed by atoms with Crippen LogP contribution in [0.1, 0.15) is 42.7 Å². The lowest BCUT2D eigenvalue weighted by Crippen LogP contribution is -2.38. The van der Waals surface area contributed by atoms with Gasteiger partial charge in [-0.2, -0.15) is 0 Å². The van der Waals surface area contributed by atoms with Gasteiger partial charge < -0.3 is 20.3 Å². The molecule has 5 nitrogen and oxygen atoms in total. The lowest BCUT2D eigenvalue weighted by atomic mass is 9.99. The maximum Gasteiger partial charge on any atom is 0.321 e. The van der Waals surface area contributed by atoms with Crippen LogP contribution in [0.25, 0.3) is 10.9 Å². The molecule has 130 valence electrons. The SMILES string of the molecule is CCCn1c(C)c(CC(NCC)C(=O)O)c2cc3c(cc21)CNC3. The van der Waals surface area contributed by atoms with Crippen LogP contribution in [0.2, 0.25) is 0 Å². The van der Waals surface area contributed by atoms with Gasteiger partial charge in [-0.15, -0.1) is 0 Å². The van der Waals surface area contributed by atoms with Gasteiger partial charge in [-0.25, -0.2) is 0 Å². The van der Waals surface area contributed by atoms with Gasteiger partial charge in [0.2, 0.25) is 0 Å². The minimum absolute atomic E-state index is 0.522. The summed E-state index contributed by atoms with van der Waals surface area (Å²) >= 11 is 0.